The van der Waals surface area contributed by atoms with Crippen molar-refractivity contribution in [2.24, 2.45) is 0 Å². The van der Waals surface area contributed by atoms with E-state index < -0.39 is 35.9 Å². The van der Waals surface area contributed by atoms with E-state index in [0.29, 0.717) is 6.42 Å². The minimum absolute atomic E-state index is 0.0612. The van der Waals surface area contributed by atoms with E-state index in [0.717, 1.165) is 11.1 Å². The first-order valence-corrected chi connectivity index (χ1v) is 10.9. The molecular weight excluding hydrogens is 408 g/mol. The molecule has 32 heavy (non-hydrogen) atoms. The molecule has 0 spiro atoms. The Bertz CT molecular complexity index is 836. The highest BCUT2D eigenvalue weighted by molar-refractivity contribution is 5.77. The van der Waals surface area contributed by atoms with Gasteiger partial charge in [0.25, 0.3) is 0 Å². The van der Waals surface area contributed by atoms with Crippen LogP contribution in [0.15, 0.2) is 60.7 Å². The molecule has 0 heterocycles. The summed E-state index contributed by atoms with van der Waals surface area (Å²) in [7, 11) is 0. The van der Waals surface area contributed by atoms with Crippen LogP contribution in [0.2, 0.25) is 0 Å². The number of carbonyl (C=O) groups excluding carboxylic acids is 2. The van der Waals surface area contributed by atoms with E-state index in [1.165, 1.54) is 0 Å². The van der Waals surface area contributed by atoms with Crippen LogP contribution in [-0.4, -0.2) is 48.1 Å². The quantitative estimate of drug-likeness (QED) is 0.488. The topological polar surface area (TPSA) is 96.9 Å². The van der Waals surface area contributed by atoms with Crippen LogP contribution < -0.4 is 10.6 Å². The SMILES string of the molecule is CCOC(=O)C(NC[C@@H](O)[C@H](Cc1ccccc1)NC(=O)OC(C)(C)C)c1ccccc1. The monoisotopic (exact) mass is 442 g/mol. The fourth-order valence-electron chi connectivity index (χ4n) is 3.20. The second kappa shape index (κ2) is 12.2. The number of aliphatic hydroxyl groups is 1. The second-order valence-corrected chi connectivity index (χ2v) is 8.51. The number of esters is 1. The molecule has 7 nitrogen and oxygen atoms in total. The van der Waals surface area contributed by atoms with Gasteiger partial charge < -0.3 is 19.9 Å². The fraction of sp³-hybridized carbons (Fsp3) is 0.440. The highest BCUT2D eigenvalue weighted by Gasteiger charge is 2.28. The lowest BCUT2D eigenvalue weighted by molar-refractivity contribution is -0.146. The van der Waals surface area contributed by atoms with Crippen LogP contribution in [0.25, 0.3) is 0 Å². The number of carbonyl (C=O) groups is 2. The van der Waals surface area contributed by atoms with Gasteiger partial charge >= 0.3 is 12.1 Å². The van der Waals surface area contributed by atoms with Gasteiger partial charge in [0.05, 0.1) is 18.8 Å². The Morgan fingerprint density at radius 3 is 2.16 bits per heavy atom. The number of nitrogens with one attached hydrogen (secondary N) is 2. The third kappa shape index (κ3) is 8.69. The normalized spacial score (nSPS) is 14.2. The molecule has 0 saturated heterocycles. The predicted octanol–water partition coefficient (Wildman–Crippen LogP) is 3.38. The molecule has 174 valence electrons. The lowest BCUT2D eigenvalue weighted by Crippen LogP contribution is -2.50. The summed E-state index contributed by atoms with van der Waals surface area (Å²) in [6.07, 6.45) is -1.19. The summed E-state index contributed by atoms with van der Waals surface area (Å²) in [4.78, 5) is 24.9. The van der Waals surface area contributed by atoms with Crippen molar-refractivity contribution >= 4 is 12.1 Å². The van der Waals surface area contributed by atoms with Gasteiger partial charge in [-0.15, -0.1) is 0 Å². The molecular formula is C25H34N2O5. The number of alkyl carbamates (subject to hydrolysis) is 1. The maximum Gasteiger partial charge on any atom is 0.407 e. The Hall–Kier alpha value is -2.90. The van der Waals surface area contributed by atoms with Crippen molar-refractivity contribution in [2.75, 3.05) is 13.2 Å². The first-order valence-electron chi connectivity index (χ1n) is 10.9. The summed E-state index contributed by atoms with van der Waals surface area (Å²) in [6.45, 7) is 7.39. The molecule has 0 radical (unpaired) electrons. The molecule has 0 aliphatic heterocycles. The van der Waals surface area contributed by atoms with Crippen LogP contribution in [0.3, 0.4) is 0 Å². The lowest BCUT2D eigenvalue weighted by Gasteiger charge is -2.28. The van der Waals surface area contributed by atoms with Gasteiger partial charge in [-0.1, -0.05) is 60.7 Å². The van der Waals surface area contributed by atoms with Crippen molar-refractivity contribution in [3.63, 3.8) is 0 Å². The van der Waals surface area contributed by atoms with E-state index >= 15 is 0 Å². The van der Waals surface area contributed by atoms with E-state index in [-0.39, 0.29) is 13.2 Å². The summed E-state index contributed by atoms with van der Waals surface area (Å²) < 4.78 is 10.6. The van der Waals surface area contributed by atoms with Gasteiger partial charge in [-0.3, -0.25) is 5.32 Å². The van der Waals surface area contributed by atoms with Gasteiger partial charge in [0.15, 0.2) is 0 Å². The molecule has 0 saturated carbocycles. The molecule has 0 aliphatic carbocycles. The van der Waals surface area contributed by atoms with Crippen LogP contribution in [0.5, 0.6) is 0 Å². The number of hydrogen-bond acceptors (Lipinski definition) is 6. The molecule has 1 unspecified atom stereocenters. The Morgan fingerprint density at radius 1 is 1.00 bits per heavy atom. The van der Waals surface area contributed by atoms with Crippen LogP contribution in [-0.2, 0) is 20.7 Å². The molecule has 3 N–H and O–H groups in total. The zero-order valence-corrected chi connectivity index (χ0v) is 19.2. The summed E-state index contributed by atoms with van der Waals surface area (Å²) in [6, 6.07) is 17.4. The molecule has 0 aliphatic rings. The van der Waals surface area contributed by atoms with Crippen molar-refractivity contribution in [3.05, 3.63) is 71.8 Å². The van der Waals surface area contributed by atoms with Crippen LogP contribution in [0.1, 0.15) is 44.9 Å². The van der Waals surface area contributed by atoms with E-state index in [2.05, 4.69) is 10.6 Å². The van der Waals surface area contributed by atoms with Crippen molar-refractivity contribution in [3.8, 4) is 0 Å². The molecule has 3 atom stereocenters. The highest BCUT2D eigenvalue weighted by atomic mass is 16.6. The Kier molecular flexibility index (Phi) is 9.68. The van der Waals surface area contributed by atoms with E-state index in [4.69, 9.17) is 9.47 Å². The number of aliphatic hydroxyl groups excluding tert-OH is 1. The van der Waals surface area contributed by atoms with Gasteiger partial charge in [-0.05, 0) is 45.2 Å². The number of benzene rings is 2. The minimum Gasteiger partial charge on any atom is -0.465 e. The van der Waals surface area contributed by atoms with E-state index in [1.807, 2.05) is 60.7 Å². The average molecular weight is 443 g/mol. The first-order chi connectivity index (χ1) is 15.2. The van der Waals surface area contributed by atoms with Crippen LogP contribution in [0.4, 0.5) is 4.79 Å². The molecule has 0 bridgehead atoms. The number of hydrogen-bond donors (Lipinski definition) is 3. The van der Waals surface area contributed by atoms with Gasteiger partial charge in [-0.25, -0.2) is 9.59 Å². The average Bonchev–Trinajstić information content (AvgIpc) is 2.73. The van der Waals surface area contributed by atoms with Crippen molar-refractivity contribution < 1.29 is 24.2 Å². The Balaban J connectivity index is 2.13. The molecule has 0 fully saturated rings. The zero-order valence-electron chi connectivity index (χ0n) is 19.2. The number of ether oxygens (including phenoxy) is 2. The molecule has 2 aromatic rings. The van der Waals surface area contributed by atoms with Crippen molar-refractivity contribution in [2.45, 2.75) is 57.9 Å². The van der Waals surface area contributed by atoms with Gasteiger partial charge in [0.2, 0.25) is 0 Å². The molecule has 0 aromatic heterocycles. The fourth-order valence-corrected chi connectivity index (χ4v) is 3.20. The second-order valence-electron chi connectivity index (χ2n) is 8.51. The highest BCUT2D eigenvalue weighted by Crippen LogP contribution is 2.16. The Morgan fingerprint density at radius 2 is 1.59 bits per heavy atom. The summed E-state index contributed by atoms with van der Waals surface area (Å²) >= 11 is 0. The number of amides is 1. The Labute approximate surface area is 190 Å². The van der Waals surface area contributed by atoms with Crippen molar-refractivity contribution in [1.29, 1.82) is 0 Å². The minimum atomic E-state index is -0.983. The smallest absolute Gasteiger partial charge is 0.407 e. The third-order valence-corrected chi connectivity index (χ3v) is 4.65. The lowest BCUT2D eigenvalue weighted by atomic mass is 10.0. The molecule has 1 amide bonds. The van der Waals surface area contributed by atoms with Gasteiger partial charge in [-0.2, -0.15) is 0 Å². The first kappa shape index (κ1) is 25.4. The standard InChI is InChI=1S/C25H34N2O5/c1-5-31-23(29)22(19-14-10-7-11-15-19)26-17-21(28)20(16-18-12-8-6-9-13-18)27-24(30)32-25(2,3)4/h6-15,20-22,26,28H,5,16-17H2,1-4H3,(H,27,30)/t20-,21+,22?/m0/s1. The maximum absolute atomic E-state index is 12.5. The van der Waals surface area contributed by atoms with E-state index in [9.17, 15) is 14.7 Å². The predicted molar refractivity (Wildman–Crippen MR) is 123 cm³/mol. The van der Waals surface area contributed by atoms with E-state index in [1.54, 1.807) is 27.7 Å². The van der Waals surface area contributed by atoms with Gasteiger partial charge in [0.1, 0.15) is 11.6 Å². The largest absolute Gasteiger partial charge is 0.465 e. The molecule has 2 rings (SSSR count). The van der Waals surface area contributed by atoms with Crippen molar-refractivity contribution in [1.82, 2.24) is 10.6 Å². The molecule has 2 aromatic carbocycles. The van der Waals surface area contributed by atoms with Crippen LogP contribution in [0, 0.1) is 0 Å². The summed E-state index contributed by atoms with van der Waals surface area (Å²) in [5.41, 5.74) is 1.03. The third-order valence-electron chi connectivity index (χ3n) is 4.65. The van der Waals surface area contributed by atoms with Crippen LogP contribution >= 0.6 is 0 Å². The van der Waals surface area contributed by atoms with Gasteiger partial charge in [0, 0.05) is 6.54 Å². The zero-order chi connectivity index (χ0) is 23.6. The summed E-state index contributed by atoms with van der Waals surface area (Å²) in [5, 5.41) is 16.8. The maximum atomic E-state index is 12.5. The number of rotatable bonds is 10. The summed E-state index contributed by atoms with van der Waals surface area (Å²) in [5.74, 6) is -0.425. The molecule has 7 heteroatoms.